The predicted octanol–water partition coefficient (Wildman–Crippen LogP) is 1.74. The van der Waals surface area contributed by atoms with Crippen LogP contribution in [0, 0.1) is 10.1 Å². The first-order valence-corrected chi connectivity index (χ1v) is 5.79. The molecule has 1 aromatic carbocycles. The summed E-state index contributed by atoms with van der Waals surface area (Å²) < 4.78 is 10.7. The third-order valence-corrected chi connectivity index (χ3v) is 3.20. The van der Waals surface area contributed by atoms with Crippen molar-refractivity contribution in [1.29, 1.82) is 0 Å². The van der Waals surface area contributed by atoms with Crippen LogP contribution in [0.3, 0.4) is 0 Å². The third kappa shape index (κ3) is 2.40. The Balaban J connectivity index is 2.17. The lowest BCUT2D eigenvalue weighted by atomic mass is 9.86. The van der Waals surface area contributed by atoms with E-state index in [0.717, 1.165) is 0 Å². The van der Waals surface area contributed by atoms with E-state index < -0.39 is 4.92 Å². The summed E-state index contributed by atoms with van der Waals surface area (Å²) in [4.78, 5) is 10.4. The van der Waals surface area contributed by atoms with E-state index >= 15 is 0 Å². The molecular formula is C11H13ClN2O4. The molecule has 0 spiro atoms. The number of methoxy groups -OCH3 is 1. The molecule has 1 fully saturated rings. The number of benzene rings is 1. The van der Waals surface area contributed by atoms with E-state index in [9.17, 15) is 10.1 Å². The molecule has 18 heavy (non-hydrogen) atoms. The third-order valence-electron chi connectivity index (χ3n) is 2.96. The quantitative estimate of drug-likeness (QED) is 0.666. The molecule has 1 aromatic rings. The largest absolute Gasteiger partial charge is 0.481 e. The molecule has 0 heterocycles. The lowest BCUT2D eigenvalue weighted by Crippen LogP contribution is -2.59. The van der Waals surface area contributed by atoms with Gasteiger partial charge < -0.3 is 15.2 Å². The van der Waals surface area contributed by atoms with Crippen LogP contribution in [-0.4, -0.2) is 30.3 Å². The maximum atomic E-state index is 10.9. The maximum Gasteiger partial charge on any atom is 0.312 e. The summed E-state index contributed by atoms with van der Waals surface area (Å²) in [5.74, 6) is 0.184. The van der Waals surface area contributed by atoms with Gasteiger partial charge in [0.05, 0.1) is 4.92 Å². The van der Waals surface area contributed by atoms with Crippen LogP contribution in [0.1, 0.15) is 6.42 Å². The first-order valence-electron chi connectivity index (χ1n) is 5.42. The minimum absolute atomic E-state index is 0.0913. The van der Waals surface area contributed by atoms with Crippen molar-refractivity contribution in [3.05, 3.63) is 33.3 Å². The van der Waals surface area contributed by atoms with Gasteiger partial charge in [0.2, 0.25) is 0 Å². The smallest absolute Gasteiger partial charge is 0.312 e. The van der Waals surface area contributed by atoms with E-state index in [1.54, 1.807) is 6.07 Å². The molecule has 0 saturated heterocycles. The highest BCUT2D eigenvalue weighted by Crippen LogP contribution is 2.34. The molecular weight excluding hydrogens is 260 g/mol. The maximum absolute atomic E-state index is 10.9. The zero-order valence-electron chi connectivity index (χ0n) is 9.71. The van der Waals surface area contributed by atoms with E-state index in [2.05, 4.69) is 0 Å². The number of hydrogen-bond acceptors (Lipinski definition) is 5. The molecule has 0 bridgehead atoms. The van der Waals surface area contributed by atoms with Gasteiger partial charge >= 0.3 is 5.69 Å². The Labute approximate surface area is 109 Å². The highest BCUT2D eigenvalue weighted by Gasteiger charge is 2.41. The second kappa shape index (κ2) is 5.09. The van der Waals surface area contributed by atoms with Crippen LogP contribution < -0.4 is 10.5 Å². The Morgan fingerprint density at radius 2 is 2.28 bits per heavy atom. The van der Waals surface area contributed by atoms with Crippen molar-refractivity contribution in [2.75, 3.05) is 7.11 Å². The Hall–Kier alpha value is -1.37. The zero-order valence-corrected chi connectivity index (χ0v) is 10.5. The van der Waals surface area contributed by atoms with Gasteiger partial charge in [-0.2, -0.15) is 0 Å². The van der Waals surface area contributed by atoms with Gasteiger partial charge in [-0.3, -0.25) is 10.1 Å². The predicted molar refractivity (Wildman–Crippen MR) is 65.9 cm³/mol. The molecule has 3 unspecified atom stereocenters. The summed E-state index contributed by atoms with van der Waals surface area (Å²) in [5.41, 5.74) is 5.58. The molecule has 7 heteroatoms. The molecule has 0 amide bonds. The number of nitrogens with two attached hydrogens (primary N) is 1. The fourth-order valence-electron chi connectivity index (χ4n) is 1.95. The summed E-state index contributed by atoms with van der Waals surface area (Å²) in [6, 6.07) is 4.20. The van der Waals surface area contributed by atoms with Crippen LogP contribution >= 0.6 is 11.6 Å². The molecule has 2 N–H and O–H groups in total. The summed E-state index contributed by atoms with van der Waals surface area (Å²) in [6.07, 6.45) is 0.114. The van der Waals surface area contributed by atoms with Crippen LogP contribution in [0.5, 0.6) is 5.75 Å². The molecule has 0 radical (unpaired) electrons. The molecule has 2 rings (SSSR count). The van der Waals surface area contributed by atoms with Gasteiger partial charge in [-0.1, -0.05) is 11.6 Å². The van der Waals surface area contributed by atoms with Crippen molar-refractivity contribution in [2.24, 2.45) is 5.73 Å². The van der Waals surface area contributed by atoms with Gasteiger partial charge in [-0.15, -0.1) is 0 Å². The Bertz CT molecular complexity index is 468. The van der Waals surface area contributed by atoms with Gasteiger partial charge in [-0.25, -0.2) is 0 Å². The SMILES string of the molecule is COC1C(N)CC1Oc1ccc(Cl)cc1[N+](=O)[O-]. The van der Waals surface area contributed by atoms with E-state index in [4.69, 9.17) is 26.8 Å². The molecule has 6 nitrogen and oxygen atoms in total. The van der Waals surface area contributed by atoms with Crippen molar-refractivity contribution in [3.63, 3.8) is 0 Å². The first kappa shape index (κ1) is 13.1. The van der Waals surface area contributed by atoms with Gasteiger partial charge in [0.1, 0.15) is 12.2 Å². The van der Waals surface area contributed by atoms with Crippen LogP contribution in [-0.2, 0) is 4.74 Å². The summed E-state index contributed by atoms with van der Waals surface area (Å²) in [5, 5.41) is 11.2. The van der Waals surface area contributed by atoms with Crippen molar-refractivity contribution >= 4 is 17.3 Å². The highest BCUT2D eigenvalue weighted by atomic mass is 35.5. The first-order chi connectivity index (χ1) is 8.52. The zero-order chi connectivity index (χ0) is 13.3. The normalized spacial score (nSPS) is 26.5. The average molecular weight is 273 g/mol. The Kier molecular flexibility index (Phi) is 3.70. The van der Waals surface area contributed by atoms with E-state index in [0.29, 0.717) is 11.4 Å². The van der Waals surface area contributed by atoms with Crippen molar-refractivity contribution in [3.8, 4) is 5.75 Å². The van der Waals surface area contributed by atoms with Crippen LogP contribution in [0.2, 0.25) is 5.02 Å². The van der Waals surface area contributed by atoms with Crippen LogP contribution in [0.15, 0.2) is 18.2 Å². The Morgan fingerprint density at radius 1 is 1.56 bits per heavy atom. The number of halogens is 1. The second-order valence-electron chi connectivity index (χ2n) is 4.13. The fourth-order valence-corrected chi connectivity index (χ4v) is 2.12. The van der Waals surface area contributed by atoms with Gasteiger partial charge in [-0.05, 0) is 12.1 Å². The number of rotatable bonds is 4. The van der Waals surface area contributed by atoms with Crippen LogP contribution in [0.4, 0.5) is 5.69 Å². The molecule has 98 valence electrons. The van der Waals surface area contributed by atoms with Crippen molar-refractivity contribution in [1.82, 2.24) is 0 Å². The number of nitro groups is 1. The summed E-state index contributed by atoms with van der Waals surface area (Å²) in [6.45, 7) is 0. The lowest BCUT2D eigenvalue weighted by Gasteiger charge is -2.40. The highest BCUT2D eigenvalue weighted by molar-refractivity contribution is 6.30. The van der Waals surface area contributed by atoms with E-state index in [1.165, 1.54) is 19.2 Å². The fraction of sp³-hybridized carbons (Fsp3) is 0.455. The van der Waals surface area contributed by atoms with Crippen molar-refractivity contribution < 1.29 is 14.4 Å². The minimum Gasteiger partial charge on any atom is -0.481 e. The van der Waals surface area contributed by atoms with Gasteiger partial charge in [0, 0.05) is 30.7 Å². The standard InChI is InChI=1S/C11H13ClN2O4/c1-17-11-7(13)5-10(11)18-9-3-2-6(12)4-8(9)14(15)16/h2-4,7,10-11H,5,13H2,1H3. The Morgan fingerprint density at radius 3 is 2.83 bits per heavy atom. The van der Waals surface area contributed by atoms with E-state index in [1.807, 2.05) is 0 Å². The lowest BCUT2D eigenvalue weighted by molar-refractivity contribution is -0.386. The molecule has 1 saturated carbocycles. The monoisotopic (exact) mass is 272 g/mol. The number of ether oxygens (including phenoxy) is 2. The number of hydrogen-bond donors (Lipinski definition) is 1. The van der Waals surface area contributed by atoms with Crippen LogP contribution in [0.25, 0.3) is 0 Å². The van der Waals surface area contributed by atoms with Crippen molar-refractivity contribution in [2.45, 2.75) is 24.7 Å². The molecule has 1 aliphatic rings. The molecule has 1 aliphatic carbocycles. The number of nitro benzene ring substituents is 1. The second-order valence-corrected chi connectivity index (χ2v) is 4.56. The summed E-state index contributed by atoms with van der Waals surface area (Å²) >= 11 is 5.72. The number of nitrogens with zero attached hydrogens (tertiary/aromatic N) is 1. The molecule has 0 aromatic heterocycles. The molecule has 3 atom stereocenters. The van der Waals surface area contributed by atoms with Gasteiger partial charge in [0.25, 0.3) is 0 Å². The average Bonchev–Trinajstić information content (AvgIpc) is 2.30. The summed E-state index contributed by atoms with van der Waals surface area (Å²) in [7, 11) is 1.54. The minimum atomic E-state index is -0.526. The topological polar surface area (TPSA) is 87.6 Å². The van der Waals surface area contributed by atoms with Gasteiger partial charge in [0.15, 0.2) is 5.75 Å². The van der Waals surface area contributed by atoms with E-state index in [-0.39, 0.29) is 29.7 Å². The molecule has 0 aliphatic heterocycles.